The summed E-state index contributed by atoms with van der Waals surface area (Å²) in [6, 6.07) is 27.4. The van der Waals surface area contributed by atoms with Crippen molar-refractivity contribution in [3.05, 3.63) is 96.3 Å². The van der Waals surface area contributed by atoms with Crippen LogP contribution in [0.25, 0.3) is 0 Å². The van der Waals surface area contributed by atoms with Crippen LogP contribution in [0.5, 0.6) is 0 Å². The number of aromatic nitrogens is 1. The van der Waals surface area contributed by atoms with Gasteiger partial charge < -0.3 is 4.90 Å². The Labute approximate surface area is 174 Å². The van der Waals surface area contributed by atoms with E-state index in [-0.39, 0.29) is 0 Å². The topological polar surface area (TPSA) is 19.4 Å². The number of benzene rings is 2. The number of rotatable bonds is 5. The number of piperidine rings is 3. The first-order valence-corrected chi connectivity index (χ1v) is 10.8. The molecule has 0 aliphatic carbocycles. The van der Waals surface area contributed by atoms with Gasteiger partial charge in [0.1, 0.15) is 0 Å². The van der Waals surface area contributed by atoms with Gasteiger partial charge in [-0.3, -0.25) is 9.88 Å². The van der Waals surface area contributed by atoms with Crippen LogP contribution in [0, 0.1) is 5.92 Å². The van der Waals surface area contributed by atoms with E-state index in [0.29, 0.717) is 18.0 Å². The summed E-state index contributed by atoms with van der Waals surface area (Å²) < 4.78 is 0. The summed E-state index contributed by atoms with van der Waals surface area (Å²) >= 11 is 0. The van der Waals surface area contributed by atoms with Gasteiger partial charge in [-0.15, -0.1) is 0 Å². The lowest BCUT2D eigenvalue weighted by Crippen LogP contribution is -2.65. The van der Waals surface area contributed by atoms with Crippen molar-refractivity contribution in [1.82, 2.24) is 9.88 Å². The molecule has 0 unspecified atom stereocenters. The predicted molar refractivity (Wildman–Crippen MR) is 119 cm³/mol. The van der Waals surface area contributed by atoms with Gasteiger partial charge in [-0.1, -0.05) is 60.7 Å². The van der Waals surface area contributed by atoms with Gasteiger partial charge in [-0.2, -0.15) is 0 Å². The summed E-state index contributed by atoms with van der Waals surface area (Å²) in [7, 11) is 2.27. The maximum atomic E-state index is 4.39. The number of hydrogen-bond acceptors (Lipinski definition) is 3. The molecule has 0 radical (unpaired) electrons. The van der Waals surface area contributed by atoms with E-state index in [9.17, 15) is 0 Å². The fourth-order valence-corrected chi connectivity index (χ4v) is 5.65. The van der Waals surface area contributed by atoms with E-state index in [2.05, 4.69) is 88.6 Å². The number of nitrogens with zero attached hydrogens (tertiary/aromatic N) is 3. The molecule has 3 aliphatic heterocycles. The third-order valence-electron chi connectivity index (χ3n) is 6.99. The lowest BCUT2D eigenvalue weighted by atomic mass is 9.70. The van der Waals surface area contributed by atoms with Crippen LogP contribution < -0.4 is 4.90 Å². The molecule has 0 N–H and O–H groups in total. The normalized spacial score (nSPS) is 25.9. The second kappa shape index (κ2) is 8.00. The summed E-state index contributed by atoms with van der Waals surface area (Å²) in [6.45, 7) is 2.42. The van der Waals surface area contributed by atoms with Gasteiger partial charge >= 0.3 is 0 Å². The van der Waals surface area contributed by atoms with E-state index in [1.165, 1.54) is 42.7 Å². The van der Waals surface area contributed by atoms with E-state index in [1.807, 2.05) is 18.5 Å². The van der Waals surface area contributed by atoms with E-state index in [1.54, 1.807) is 0 Å². The monoisotopic (exact) mass is 383 g/mol. The average Bonchev–Trinajstić information content (AvgIpc) is 2.81. The number of pyridine rings is 1. The zero-order valence-electron chi connectivity index (χ0n) is 17.1. The highest BCUT2D eigenvalue weighted by Crippen LogP contribution is 2.44. The third-order valence-corrected chi connectivity index (χ3v) is 6.99. The Kier molecular flexibility index (Phi) is 5.07. The molecule has 3 nitrogen and oxygen atoms in total. The number of fused-ring (bicyclic) bond motifs is 3. The zero-order chi connectivity index (χ0) is 19.6. The fraction of sp³-hybridized carbons (Fsp3) is 0.346. The lowest BCUT2D eigenvalue weighted by Gasteiger charge is -2.56. The van der Waals surface area contributed by atoms with Crippen LogP contribution in [0.3, 0.4) is 0 Å². The Morgan fingerprint density at radius 1 is 0.862 bits per heavy atom. The minimum atomic E-state index is 0.365. The first-order valence-electron chi connectivity index (χ1n) is 10.8. The summed E-state index contributed by atoms with van der Waals surface area (Å²) in [5.74, 6) is 1.09. The minimum Gasteiger partial charge on any atom is -0.368 e. The highest BCUT2D eigenvalue weighted by molar-refractivity contribution is 5.47. The molecule has 0 spiro atoms. The molecule has 3 saturated heterocycles. The predicted octanol–water partition coefficient (Wildman–Crippen LogP) is 4.81. The molecule has 148 valence electrons. The molecule has 4 heterocycles. The minimum absolute atomic E-state index is 0.365. The maximum Gasteiger partial charge on any atom is 0.0553 e. The Morgan fingerprint density at radius 3 is 2.03 bits per heavy atom. The van der Waals surface area contributed by atoms with Crippen LogP contribution in [0.4, 0.5) is 5.69 Å². The Balaban J connectivity index is 1.61. The second-order valence-electron chi connectivity index (χ2n) is 8.48. The lowest BCUT2D eigenvalue weighted by molar-refractivity contribution is 0.0186. The molecule has 0 saturated carbocycles. The van der Waals surface area contributed by atoms with E-state index >= 15 is 0 Å². The highest BCUT2D eigenvalue weighted by Gasteiger charge is 2.48. The van der Waals surface area contributed by atoms with Gasteiger partial charge in [0.2, 0.25) is 0 Å². The van der Waals surface area contributed by atoms with Gasteiger partial charge in [-0.25, -0.2) is 0 Å². The van der Waals surface area contributed by atoms with Crippen molar-refractivity contribution in [1.29, 1.82) is 0 Å². The van der Waals surface area contributed by atoms with Crippen LogP contribution in [0.2, 0.25) is 0 Å². The van der Waals surface area contributed by atoms with E-state index < -0.39 is 0 Å². The van der Waals surface area contributed by atoms with Gasteiger partial charge in [-0.05, 0) is 55.1 Å². The molecule has 2 bridgehead atoms. The summed E-state index contributed by atoms with van der Waals surface area (Å²) in [5, 5.41) is 0. The highest BCUT2D eigenvalue weighted by atomic mass is 15.3. The van der Waals surface area contributed by atoms with E-state index in [4.69, 9.17) is 0 Å². The molecule has 3 fully saturated rings. The quantitative estimate of drug-likeness (QED) is 0.630. The Hall–Kier alpha value is -2.65. The molecule has 6 rings (SSSR count). The Bertz CT molecular complexity index is 865. The van der Waals surface area contributed by atoms with E-state index in [0.717, 1.165) is 5.92 Å². The first-order chi connectivity index (χ1) is 14.3. The fourth-order valence-electron chi connectivity index (χ4n) is 5.65. The molecule has 3 aliphatic rings. The molecule has 1 aromatic heterocycles. The first kappa shape index (κ1) is 18.4. The largest absolute Gasteiger partial charge is 0.368 e. The van der Waals surface area contributed by atoms with Gasteiger partial charge in [0.05, 0.1) is 11.9 Å². The van der Waals surface area contributed by atoms with Crippen molar-refractivity contribution in [3.63, 3.8) is 0 Å². The van der Waals surface area contributed by atoms with Crippen molar-refractivity contribution in [2.24, 2.45) is 5.92 Å². The van der Waals surface area contributed by atoms with Gasteiger partial charge in [0.25, 0.3) is 0 Å². The number of anilines is 1. The molecule has 2 atom stereocenters. The second-order valence-corrected chi connectivity index (χ2v) is 8.48. The van der Waals surface area contributed by atoms with Crippen LogP contribution in [-0.2, 0) is 0 Å². The Morgan fingerprint density at radius 2 is 1.48 bits per heavy atom. The smallest absolute Gasteiger partial charge is 0.0553 e. The zero-order valence-corrected chi connectivity index (χ0v) is 17.1. The SMILES string of the molecule is CN(c1cccnc1)[C@@H]1C2CCN(CC2)[C@@H]1C(c1ccccc1)c1ccccc1. The number of hydrogen-bond donors (Lipinski definition) is 0. The summed E-state index contributed by atoms with van der Waals surface area (Å²) in [6.07, 6.45) is 6.46. The van der Waals surface area contributed by atoms with Crippen LogP contribution in [-0.4, -0.2) is 42.1 Å². The molecular weight excluding hydrogens is 354 g/mol. The molecule has 3 aromatic rings. The molecule has 0 amide bonds. The van der Waals surface area contributed by atoms with Crippen molar-refractivity contribution >= 4 is 5.69 Å². The molecule has 3 heteroatoms. The number of likely N-dealkylation sites (N-methyl/N-ethyl adjacent to an activating group) is 1. The van der Waals surface area contributed by atoms with Crippen LogP contribution >= 0.6 is 0 Å². The van der Waals surface area contributed by atoms with Crippen molar-refractivity contribution in [2.75, 3.05) is 25.0 Å². The van der Waals surface area contributed by atoms with Crippen molar-refractivity contribution < 1.29 is 0 Å². The van der Waals surface area contributed by atoms with Gasteiger partial charge in [0.15, 0.2) is 0 Å². The van der Waals surface area contributed by atoms with Crippen LogP contribution in [0.15, 0.2) is 85.2 Å². The van der Waals surface area contributed by atoms with Gasteiger partial charge in [0, 0.05) is 31.2 Å². The van der Waals surface area contributed by atoms with Crippen molar-refractivity contribution in [3.8, 4) is 0 Å². The summed E-state index contributed by atoms with van der Waals surface area (Å²) in [4.78, 5) is 9.65. The molecule has 2 aromatic carbocycles. The van der Waals surface area contributed by atoms with Crippen LogP contribution in [0.1, 0.15) is 29.9 Å². The van der Waals surface area contributed by atoms with Crippen molar-refractivity contribution in [2.45, 2.75) is 30.8 Å². The molecule has 29 heavy (non-hydrogen) atoms. The maximum absolute atomic E-state index is 4.39. The average molecular weight is 384 g/mol. The molecular formula is C26H29N3. The third kappa shape index (κ3) is 3.44. The standard InChI is InChI=1S/C26H29N3/c1-28(23-13-8-16-27-19-23)25-22-14-17-29(18-15-22)26(25)24(20-9-4-2-5-10-20)21-11-6-3-7-12-21/h2-13,16,19,22,24-26H,14-15,17-18H2,1H3/t25-,26-/m1/s1. The summed E-state index contributed by atoms with van der Waals surface area (Å²) in [5.41, 5.74) is 4.05.